The SMILES string of the molecule is Cc1nc(CSc2ccccc2C(=O)OCC(=O)N2CCc3ccccc3C2)cs1. The van der Waals surface area contributed by atoms with Crippen LogP contribution in [0.3, 0.4) is 0 Å². The summed E-state index contributed by atoms with van der Waals surface area (Å²) < 4.78 is 5.37. The zero-order valence-corrected chi connectivity index (χ0v) is 18.3. The zero-order valence-electron chi connectivity index (χ0n) is 16.7. The van der Waals surface area contributed by atoms with Gasteiger partial charge < -0.3 is 9.64 Å². The van der Waals surface area contributed by atoms with E-state index in [0.717, 1.165) is 27.6 Å². The third-order valence-electron chi connectivity index (χ3n) is 4.96. The van der Waals surface area contributed by atoms with Crippen LogP contribution < -0.4 is 0 Å². The van der Waals surface area contributed by atoms with E-state index in [-0.39, 0.29) is 12.5 Å². The molecule has 1 aliphatic heterocycles. The van der Waals surface area contributed by atoms with Crippen LogP contribution in [0, 0.1) is 6.92 Å². The number of thioether (sulfide) groups is 1. The summed E-state index contributed by atoms with van der Waals surface area (Å²) in [5.41, 5.74) is 3.90. The van der Waals surface area contributed by atoms with Crippen molar-refractivity contribution < 1.29 is 14.3 Å². The fraction of sp³-hybridized carbons (Fsp3) is 0.261. The molecule has 0 radical (unpaired) electrons. The Morgan fingerprint density at radius 1 is 1.13 bits per heavy atom. The molecule has 0 bridgehead atoms. The molecule has 0 saturated heterocycles. The van der Waals surface area contributed by atoms with Gasteiger partial charge in [0.1, 0.15) is 0 Å². The van der Waals surface area contributed by atoms with E-state index in [1.807, 2.05) is 42.6 Å². The van der Waals surface area contributed by atoms with Gasteiger partial charge in [0.15, 0.2) is 6.61 Å². The number of hydrogen-bond acceptors (Lipinski definition) is 6. The average Bonchev–Trinajstić information content (AvgIpc) is 3.20. The van der Waals surface area contributed by atoms with Gasteiger partial charge in [-0.1, -0.05) is 36.4 Å². The lowest BCUT2D eigenvalue weighted by Crippen LogP contribution is -2.38. The molecule has 7 heteroatoms. The van der Waals surface area contributed by atoms with Gasteiger partial charge in [0.2, 0.25) is 0 Å². The molecule has 0 saturated carbocycles. The monoisotopic (exact) mass is 438 g/mol. The van der Waals surface area contributed by atoms with Crippen LogP contribution in [-0.2, 0) is 28.2 Å². The number of thiazole rings is 1. The maximum absolute atomic E-state index is 12.6. The highest BCUT2D eigenvalue weighted by Crippen LogP contribution is 2.27. The number of aryl methyl sites for hydroxylation is 1. The molecule has 30 heavy (non-hydrogen) atoms. The Bertz CT molecular complexity index is 1060. The molecule has 5 nitrogen and oxygen atoms in total. The minimum absolute atomic E-state index is 0.166. The number of carbonyl (C=O) groups is 2. The minimum atomic E-state index is -0.474. The van der Waals surface area contributed by atoms with E-state index in [1.54, 1.807) is 40.1 Å². The first kappa shape index (κ1) is 20.6. The molecule has 0 N–H and O–H groups in total. The Hall–Kier alpha value is -2.64. The molecule has 0 atom stereocenters. The van der Waals surface area contributed by atoms with Crippen LogP contribution in [0.1, 0.15) is 32.2 Å². The Balaban J connectivity index is 1.34. The van der Waals surface area contributed by atoms with Gasteiger partial charge in [-0.25, -0.2) is 9.78 Å². The van der Waals surface area contributed by atoms with Crippen LogP contribution in [0.15, 0.2) is 58.8 Å². The van der Waals surface area contributed by atoms with Crippen molar-refractivity contribution in [3.05, 3.63) is 81.3 Å². The number of nitrogens with zero attached hydrogens (tertiary/aromatic N) is 2. The summed E-state index contributed by atoms with van der Waals surface area (Å²) in [5, 5.41) is 3.05. The van der Waals surface area contributed by atoms with Crippen molar-refractivity contribution in [2.45, 2.75) is 30.5 Å². The van der Waals surface area contributed by atoms with E-state index in [2.05, 4.69) is 11.1 Å². The van der Waals surface area contributed by atoms with Gasteiger partial charge in [0, 0.05) is 29.1 Å². The van der Waals surface area contributed by atoms with E-state index in [4.69, 9.17) is 4.74 Å². The van der Waals surface area contributed by atoms with E-state index in [0.29, 0.717) is 24.4 Å². The number of ether oxygens (including phenoxy) is 1. The normalized spacial score (nSPS) is 13.0. The first-order valence-corrected chi connectivity index (χ1v) is 11.6. The van der Waals surface area contributed by atoms with Gasteiger partial charge in [-0.2, -0.15) is 0 Å². The summed E-state index contributed by atoms with van der Waals surface area (Å²) in [4.78, 5) is 32.3. The lowest BCUT2D eigenvalue weighted by Gasteiger charge is -2.28. The number of hydrogen-bond donors (Lipinski definition) is 0. The molecule has 0 unspecified atom stereocenters. The maximum atomic E-state index is 12.6. The molecule has 2 aromatic carbocycles. The predicted molar refractivity (Wildman–Crippen MR) is 119 cm³/mol. The number of amides is 1. The van der Waals surface area contributed by atoms with Crippen LogP contribution in [0.4, 0.5) is 0 Å². The third kappa shape index (κ3) is 4.91. The molecule has 1 aromatic heterocycles. The fourth-order valence-corrected chi connectivity index (χ4v) is 5.04. The highest BCUT2D eigenvalue weighted by Gasteiger charge is 2.22. The largest absolute Gasteiger partial charge is 0.452 e. The Morgan fingerprint density at radius 2 is 1.90 bits per heavy atom. The summed E-state index contributed by atoms with van der Waals surface area (Å²) in [7, 11) is 0. The molecular formula is C23H22N2O3S2. The van der Waals surface area contributed by atoms with Crippen LogP contribution >= 0.6 is 23.1 Å². The predicted octanol–water partition coefficient (Wildman–Crippen LogP) is 4.49. The highest BCUT2D eigenvalue weighted by molar-refractivity contribution is 7.98. The van der Waals surface area contributed by atoms with Crippen molar-refractivity contribution in [1.82, 2.24) is 9.88 Å². The van der Waals surface area contributed by atoms with Crippen molar-refractivity contribution in [2.24, 2.45) is 0 Å². The first-order valence-electron chi connectivity index (χ1n) is 9.74. The third-order valence-corrected chi connectivity index (χ3v) is 6.89. The van der Waals surface area contributed by atoms with Crippen molar-refractivity contribution in [3.63, 3.8) is 0 Å². The second-order valence-corrected chi connectivity index (χ2v) is 9.13. The van der Waals surface area contributed by atoms with E-state index < -0.39 is 5.97 Å². The molecule has 1 amide bonds. The van der Waals surface area contributed by atoms with E-state index in [9.17, 15) is 9.59 Å². The second kappa shape index (κ2) is 9.45. The van der Waals surface area contributed by atoms with Gasteiger partial charge in [-0.3, -0.25) is 4.79 Å². The van der Waals surface area contributed by atoms with E-state index >= 15 is 0 Å². The Labute approximate surface area is 184 Å². The number of esters is 1. The molecule has 154 valence electrons. The van der Waals surface area contributed by atoms with Gasteiger partial charge >= 0.3 is 5.97 Å². The number of rotatable bonds is 6. The van der Waals surface area contributed by atoms with Crippen LogP contribution in [-0.4, -0.2) is 34.9 Å². The van der Waals surface area contributed by atoms with Gasteiger partial charge in [-0.15, -0.1) is 23.1 Å². The van der Waals surface area contributed by atoms with Crippen molar-refractivity contribution >= 4 is 35.0 Å². The van der Waals surface area contributed by atoms with Crippen LogP contribution in [0.25, 0.3) is 0 Å². The molecule has 0 aliphatic carbocycles. The summed E-state index contributed by atoms with van der Waals surface area (Å²) in [6, 6.07) is 15.5. The highest BCUT2D eigenvalue weighted by atomic mass is 32.2. The Kier molecular flexibility index (Phi) is 6.50. The zero-order chi connectivity index (χ0) is 20.9. The number of carbonyl (C=O) groups excluding carboxylic acids is 2. The van der Waals surface area contributed by atoms with Crippen molar-refractivity contribution in [1.29, 1.82) is 0 Å². The van der Waals surface area contributed by atoms with Crippen molar-refractivity contribution in [3.8, 4) is 0 Å². The topological polar surface area (TPSA) is 59.5 Å². The van der Waals surface area contributed by atoms with Crippen LogP contribution in [0.2, 0.25) is 0 Å². The molecule has 4 rings (SSSR count). The second-order valence-electron chi connectivity index (χ2n) is 7.05. The van der Waals surface area contributed by atoms with Crippen molar-refractivity contribution in [2.75, 3.05) is 13.2 Å². The molecule has 0 spiro atoms. The number of benzene rings is 2. The summed E-state index contributed by atoms with van der Waals surface area (Å²) in [6.45, 7) is 2.94. The standard InChI is InChI=1S/C23H22N2O3S2/c1-16-24-19(14-29-16)15-30-21-9-5-4-8-20(21)23(27)28-13-22(26)25-11-10-17-6-2-3-7-18(17)12-25/h2-9,14H,10-13,15H2,1H3. The average molecular weight is 439 g/mol. The molecule has 3 aromatic rings. The van der Waals surface area contributed by atoms with Crippen LogP contribution in [0.5, 0.6) is 0 Å². The Morgan fingerprint density at radius 3 is 2.70 bits per heavy atom. The van der Waals surface area contributed by atoms with Gasteiger partial charge in [0.25, 0.3) is 5.91 Å². The lowest BCUT2D eigenvalue weighted by atomic mass is 10.00. The summed E-state index contributed by atoms with van der Waals surface area (Å²) in [6.07, 6.45) is 0.825. The summed E-state index contributed by atoms with van der Waals surface area (Å²) >= 11 is 3.16. The maximum Gasteiger partial charge on any atom is 0.339 e. The number of aromatic nitrogens is 1. The van der Waals surface area contributed by atoms with Gasteiger partial charge in [0.05, 0.1) is 16.3 Å². The smallest absolute Gasteiger partial charge is 0.339 e. The minimum Gasteiger partial charge on any atom is -0.452 e. The quantitative estimate of drug-likeness (QED) is 0.419. The number of fused-ring (bicyclic) bond motifs is 1. The molecular weight excluding hydrogens is 416 g/mol. The first-order chi connectivity index (χ1) is 14.6. The summed E-state index contributed by atoms with van der Waals surface area (Å²) in [5.74, 6) is 0.0417. The van der Waals surface area contributed by atoms with Gasteiger partial charge in [-0.05, 0) is 36.6 Å². The molecule has 2 heterocycles. The molecule has 0 fully saturated rings. The van der Waals surface area contributed by atoms with E-state index in [1.165, 1.54) is 5.56 Å². The lowest BCUT2D eigenvalue weighted by molar-refractivity contribution is -0.135. The fourth-order valence-electron chi connectivity index (χ4n) is 3.39. The molecule has 1 aliphatic rings.